The third kappa shape index (κ3) is 8.82. The third-order valence-electron chi connectivity index (χ3n) is 5.48. The molecule has 2 aliphatic rings. The van der Waals surface area contributed by atoms with Gasteiger partial charge in [0.2, 0.25) is 0 Å². The monoisotopic (exact) mass is 504 g/mol. The zero-order chi connectivity index (χ0) is 25.1. The summed E-state index contributed by atoms with van der Waals surface area (Å²) in [5.41, 5.74) is 16.7. The Bertz CT molecular complexity index is 864. The van der Waals surface area contributed by atoms with Gasteiger partial charge in [0.25, 0.3) is 0 Å². The van der Waals surface area contributed by atoms with Crippen LogP contribution in [-0.2, 0) is 17.6 Å². The van der Waals surface area contributed by atoms with Gasteiger partial charge in [-0.15, -0.1) is 22.7 Å². The number of thiazole rings is 2. The summed E-state index contributed by atoms with van der Waals surface area (Å²) in [6.07, 6.45) is 12.6. The number of anilines is 2. The molecule has 3 heterocycles. The van der Waals surface area contributed by atoms with Crippen LogP contribution in [0.4, 0.5) is 10.3 Å². The normalized spacial score (nSPS) is 15.8. The van der Waals surface area contributed by atoms with Crippen LogP contribution in [0, 0.1) is 11.8 Å². The molecule has 1 aliphatic heterocycles. The molecule has 190 valence electrons. The van der Waals surface area contributed by atoms with Gasteiger partial charge in [0.1, 0.15) is 0 Å². The zero-order valence-corrected chi connectivity index (χ0v) is 23.6. The van der Waals surface area contributed by atoms with Crippen LogP contribution >= 0.6 is 22.7 Å². The third-order valence-corrected chi connectivity index (χ3v) is 7.29. The van der Waals surface area contributed by atoms with Gasteiger partial charge >= 0.3 is 0 Å². The fourth-order valence-electron chi connectivity index (χ4n) is 4.06. The number of ether oxygens (including phenoxy) is 1. The van der Waals surface area contributed by atoms with Crippen molar-refractivity contribution < 1.29 is 4.74 Å². The molecule has 0 fully saturated rings. The highest BCUT2D eigenvalue weighted by molar-refractivity contribution is 7.15. The highest BCUT2D eigenvalue weighted by Crippen LogP contribution is 2.34. The van der Waals surface area contributed by atoms with E-state index in [1.165, 1.54) is 52.3 Å². The van der Waals surface area contributed by atoms with Gasteiger partial charge in [-0.05, 0) is 67.9 Å². The molecule has 4 rings (SSSR count). The Morgan fingerprint density at radius 3 is 1.76 bits per heavy atom. The van der Waals surface area contributed by atoms with Crippen LogP contribution in [0.25, 0.3) is 11.1 Å². The summed E-state index contributed by atoms with van der Waals surface area (Å²) in [5.74, 6) is 1.31. The number of nitrogens with zero attached hydrogens (tertiary/aromatic N) is 2. The lowest BCUT2D eigenvalue weighted by atomic mass is 9.95. The molecule has 0 saturated carbocycles. The Morgan fingerprint density at radius 2 is 1.35 bits per heavy atom. The highest BCUT2D eigenvalue weighted by Gasteiger charge is 2.17. The summed E-state index contributed by atoms with van der Waals surface area (Å²) in [6, 6.07) is 0. The molecule has 0 amide bonds. The second-order valence-electron chi connectivity index (χ2n) is 9.37. The molecular weight excluding hydrogens is 460 g/mol. The summed E-state index contributed by atoms with van der Waals surface area (Å²) in [4.78, 5) is 11.7. The second kappa shape index (κ2) is 14.6. The smallest absolute Gasteiger partial charge is 0.180 e. The predicted octanol–water partition coefficient (Wildman–Crippen LogP) is 7.63. The molecule has 0 aromatic carbocycles. The van der Waals surface area contributed by atoms with Crippen molar-refractivity contribution in [2.24, 2.45) is 11.8 Å². The number of hydrogen-bond donors (Lipinski definition) is 2. The Kier molecular flexibility index (Phi) is 12.3. The van der Waals surface area contributed by atoms with Crippen LogP contribution in [0.15, 0.2) is 12.2 Å². The number of allylic oxidation sites excluding steroid dienone is 2. The van der Waals surface area contributed by atoms with Crippen molar-refractivity contribution in [2.75, 3.05) is 24.7 Å². The van der Waals surface area contributed by atoms with Crippen molar-refractivity contribution in [1.82, 2.24) is 9.97 Å². The molecule has 0 saturated heterocycles. The summed E-state index contributed by atoms with van der Waals surface area (Å²) in [5, 5.41) is 1.40. The summed E-state index contributed by atoms with van der Waals surface area (Å²) >= 11 is 3.28. The second-order valence-corrected chi connectivity index (χ2v) is 11.6. The molecule has 5 nitrogen and oxygen atoms in total. The van der Waals surface area contributed by atoms with E-state index in [9.17, 15) is 0 Å². The van der Waals surface area contributed by atoms with Crippen LogP contribution in [-0.4, -0.2) is 23.2 Å². The van der Waals surface area contributed by atoms with Crippen molar-refractivity contribution in [1.29, 1.82) is 0 Å². The Hall–Kier alpha value is -1.70. The first kappa shape index (κ1) is 28.5. The first-order valence-electron chi connectivity index (χ1n) is 12.8. The van der Waals surface area contributed by atoms with Gasteiger partial charge in [-0.2, -0.15) is 0 Å². The Morgan fingerprint density at radius 1 is 0.824 bits per heavy atom. The number of rotatable bonds is 6. The maximum Gasteiger partial charge on any atom is 0.180 e. The van der Waals surface area contributed by atoms with E-state index >= 15 is 0 Å². The van der Waals surface area contributed by atoms with Crippen molar-refractivity contribution in [3.8, 4) is 0 Å². The summed E-state index contributed by atoms with van der Waals surface area (Å²) in [6.45, 7) is 14.4. The van der Waals surface area contributed by atoms with Gasteiger partial charge in [0, 0.05) is 9.75 Å². The van der Waals surface area contributed by atoms with Gasteiger partial charge in [-0.3, -0.25) is 0 Å². The van der Waals surface area contributed by atoms with Gasteiger partial charge in [0.05, 0.1) is 24.6 Å². The van der Waals surface area contributed by atoms with E-state index in [-0.39, 0.29) is 0 Å². The minimum Gasteiger partial charge on any atom is -0.377 e. The van der Waals surface area contributed by atoms with Gasteiger partial charge in [0.15, 0.2) is 10.3 Å². The largest absolute Gasteiger partial charge is 0.377 e. The molecule has 0 spiro atoms. The van der Waals surface area contributed by atoms with E-state index in [2.05, 4.69) is 49.8 Å². The molecule has 0 bridgehead atoms. The zero-order valence-electron chi connectivity index (χ0n) is 21.9. The van der Waals surface area contributed by atoms with Crippen LogP contribution in [0.3, 0.4) is 0 Å². The fraction of sp³-hybridized carbons (Fsp3) is 0.630. The van der Waals surface area contributed by atoms with Gasteiger partial charge in [-0.25, -0.2) is 9.97 Å². The minimum atomic E-state index is 0.638. The maximum atomic E-state index is 5.84. The Labute approximate surface area is 214 Å². The van der Waals surface area contributed by atoms with Crippen LogP contribution in [0.2, 0.25) is 0 Å². The average Bonchev–Trinajstić information content (AvgIpc) is 3.37. The predicted molar refractivity (Wildman–Crippen MR) is 151 cm³/mol. The van der Waals surface area contributed by atoms with Crippen LogP contribution < -0.4 is 11.5 Å². The van der Waals surface area contributed by atoms with E-state index in [0.717, 1.165) is 36.7 Å². The quantitative estimate of drug-likeness (QED) is 0.422. The van der Waals surface area contributed by atoms with E-state index in [0.29, 0.717) is 23.6 Å². The molecule has 0 atom stereocenters. The lowest BCUT2D eigenvalue weighted by Crippen LogP contribution is -2.06. The lowest BCUT2D eigenvalue weighted by molar-refractivity contribution is 0.161. The van der Waals surface area contributed by atoms with Crippen LogP contribution in [0.1, 0.15) is 94.8 Å². The van der Waals surface area contributed by atoms with E-state index in [4.69, 9.17) is 16.2 Å². The first-order valence-corrected chi connectivity index (χ1v) is 14.4. The molecule has 2 aromatic rings. The molecule has 7 heteroatoms. The Balaban J connectivity index is 0.000000224. The average molecular weight is 505 g/mol. The van der Waals surface area contributed by atoms with Gasteiger partial charge < -0.3 is 16.2 Å². The van der Waals surface area contributed by atoms with Crippen molar-refractivity contribution in [2.45, 2.75) is 86.5 Å². The van der Waals surface area contributed by atoms with Gasteiger partial charge in [-0.1, -0.05) is 53.7 Å². The number of nitrogens with two attached hydrogens (primary N) is 2. The summed E-state index contributed by atoms with van der Waals surface area (Å²) < 4.78 is 5.32. The molecule has 34 heavy (non-hydrogen) atoms. The maximum absolute atomic E-state index is 5.84. The molecule has 4 N–H and O–H groups in total. The van der Waals surface area contributed by atoms with E-state index < -0.39 is 0 Å². The lowest BCUT2D eigenvalue weighted by Gasteiger charge is -2.13. The topological polar surface area (TPSA) is 87.0 Å². The van der Waals surface area contributed by atoms with Crippen LogP contribution in [0.5, 0.6) is 0 Å². The summed E-state index contributed by atoms with van der Waals surface area (Å²) in [7, 11) is 0. The fourth-order valence-corrected chi connectivity index (χ4v) is 6.21. The number of hydrogen-bond acceptors (Lipinski definition) is 7. The highest BCUT2D eigenvalue weighted by atomic mass is 32.1. The molecule has 2 aromatic heterocycles. The van der Waals surface area contributed by atoms with E-state index in [1.54, 1.807) is 22.7 Å². The van der Waals surface area contributed by atoms with E-state index in [1.807, 2.05) is 13.8 Å². The standard InChI is InChI=1S/C13H20N2S.C12H18N2OS.C2H6/c1-9(2)8-11-12(15-13(14)16-11)10-6-4-3-5-7-10;1-8(2)7-10-11(14-12(13)16-10)9-3-5-15-6-4-9;1-2/h6,9H,3-5,7-8H2,1-2H3,(H2,14,15);3,8H,4-7H2,1-2H3,(H2,13,14);1-2H3. The SMILES string of the molecule is CC.CC(C)Cc1sc(N)nc1C1=CCCCC1.CC(C)Cc1sc(N)nc1C1=CCOCC1. The number of aromatic nitrogens is 2. The first-order chi connectivity index (χ1) is 16.3. The molecule has 0 unspecified atom stereocenters. The molecule has 1 aliphatic carbocycles. The molecule has 0 radical (unpaired) electrons. The van der Waals surface area contributed by atoms with Crippen molar-refractivity contribution in [3.63, 3.8) is 0 Å². The minimum absolute atomic E-state index is 0.638. The van der Waals surface area contributed by atoms with Crippen molar-refractivity contribution in [3.05, 3.63) is 33.3 Å². The van der Waals surface area contributed by atoms with Crippen molar-refractivity contribution >= 4 is 44.1 Å². The number of nitrogen functional groups attached to an aromatic ring is 2. The molecular formula is C27H44N4OS2.